The van der Waals surface area contributed by atoms with E-state index >= 15 is 0 Å². The highest BCUT2D eigenvalue weighted by Crippen LogP contribution is 2.26. The maximum absolute atomic E-state index is 10.7. The van der Waals surface area contributed by atoms with E-state index in [1.165, 1.54) is 0 Å². The van der Waals surface area contributed by atoms with Crippen LogP contribution in [0.2, 0.25) is 0 Å². The summed E-state index contributed by atoms with van der Waals surface area (Å²) in [5.41, 5.74) is 1.08. The molecule has 3 nitrogen and oxygen atoms in total. The Kier molecular flexibility index (Phi) is 4.42. The van der Waals surface area contributed by atoms with Gasteiger partial charge in [-0.2, -0.15) is 5.10 Å². The fourth-order valence-corrected chi connectivity index (χ4v) is 2.53. The number of nitrogens with zero attached hydrogens (tertiary/aromatic N) is 2. The molecule has 0 radical (unpaired) electrons. The highest BCUT2D eigenvalue weighted by atomic mass is 79.9. The lowest BCUT2D eigenvalue weighted by Crippen LogP contribution is -2.28. The molecule has 1 N–H and O–H groups in total. The number of rotatable bonds is 5. The van der Waals surface area contributed by atoms with E-state index in [1.54, 1.807) is 6.20 Å². The van der Waals surface area contributed by atoms with E-state index < -0.39 is 5.60 Å². The van der Waals surface area contributed by atoms with Gasteiger partial charge in [-0.3, -0.25) is 4.68 Å². The quantitative estimate of drug-likeness (QED) is 0.914. The maximum atomic E-state index is 10.7. The van der Waals surface area contributed by atoms with Gasteiger partial charge in [0.1, 0.15) is 5.60 Å². The molecule has 0 bridgehead atoms. The van der Waals surface area contributed by atoms with Crippen LogP contribution in [-0.2, 0) is 18.6 Å². The number of aryl methyl sites for hydroxylation is 1. The van der Waals surface area contributed by atoms with Crippen LogP contribution in [0, 0.1) is 0 Å². The number of hydrogen-bond acceptors (Lipinski definition) is 2. The third-order valence-electron chi connectivity index (χ3n) is 3.17. The highest BCUT2D eigenvalue weighted by Gasteiger charge is 2.27. The molecule has 0 saturated carbocycles. The van der Waals surface area contributed by atoms with Crippen molar-refractivity contribution in [3.8, 4) is 0 Å². The lowest BCUT2D eigenvalue weighted by Gasteiger charge is -2.24. The summed E-state index contributed by atoms with van der Waals surface area (Å²) in [5, 5.41) is 15.0. The Hall–Kier alpha value is -1.13. The van der Waals surface area contributed by atoms with Crippen LogP contribution in [0.15, 0.2) is 41.0 Å². The van der Waals surface area contributed by atoms with E-state index in [9.17, 15) is 5.11 Å². The molecule has 19 heavy (non-hydrogen) atoms. The Morgan fingerprint density at radius 3 is 2.58 bits per heavy atom. The molecule has 0 amide bonds. The van der Waals surface area contributed by atoms with E-state index in [0.717, 1.165) is 28.7 Å². The van der Waals surface area contributed by atoms with Crippen LogP contribution in [0.5, 0.6) is 0 Å². The van der Waals surface area contributed by atoms with Crippen LogP contribution >= 0.6 is 15.9 Å². The zero-order chi connectivity index (χ0) is 13.9. The number of aromatic nitrogens is 2. The summed E-state index contributed by atoms with van der Waals surface area (Å²) < 4.78 is 2.94. The van der Waals surface area contributed by atoms with Crippen molar-refractivity contribution in [2.45, 2.75) is 38.8 Å². The molecule has 102 valence electrons. The van der Waals surface area contributed by atoms with Crippen LogP contribution in [0.25, 0.3) is 0 Å². The summed E-state index contributed by atoms with van der Waals surface area (Å²) in [5.74, 6) is 0. The maximum Gasteiger partial charge on any atom is 0.107 e. The van der Waals surface area contributed by atoms with Gasteiger partial charge in [0.2, 0.25) is 0 Å². The molecular formula is C15H19BrN2O. The molecule has 0 spiro atoms. The van der Waals surface area contributed by atoms with Crippen molar-refractivity contribution >= 4 is 15.9 Å². The lowest BCUT2D eigenvalue weighted by molar-refractivity contribution is 0.0477. The van der Waals surface area contributed by atoms with Crippen LogP contribution < -0.4 is 0 Å². The van der Waals surface area contributed by atoms with Gasteiger partial charge in [-0.15, -0.1) is 0 Å². The van der Waals surface area contributed by atoms with Crippen LogP contribution in [0.4, 0.5) is 0 Å². The Morgan fingerprint density at radius 2 is 1.95 bits per heavy atom. The zero-order valence-electron chi connectivity index (χ0n) is 11.3. The number of halogens is 1. The van der Waals surface area contributed by atoms with Gasteiger partial charge in [0, 0.05) is 23.6 Å². The Labute approximate surface area is 122 Å². The topological polar surface area (TPSA) is 38.0 Å². The van der Waals surface area contributed by atoms with E-state index in [4.69, 9.17) is 0 Å². The Balaban J connectivity index is 2.21. The van der Waals surface area contributed by atoms with Crippen molar-refractivity contribution < 1.29 is 5.11 Å². The van der Waals surface area contributed by atoms with Crippen LogP contribution in [0.1, 0.15) is 31.5 Å². The first-order valence-electron chi connectivity index (χ1n) is 6.52. The third kappa shape index (κ3) is 3.45. The molecule has 1 unspecified atom stereocenters. The minimum atomic E-state index is -0.903. The fraction of sp³-hybridized carbons (Fsp3) is 0.400. The van der Waals surface area contributed by atoms with E-state index in [2.05, 4.69) is 28.0 Å². The van der Waals surface area contributed by atoms with Gasteiger partial charge in [0.15, 0.2) is 0 Å². The van der Waals surface area contributed by atoms with Gasteiger partial charge in [-0.1, -0.05) is 35.0 Å². The average Bonchev–Trinajstić information content (AvgIpc) is 2.81. The SMILES string of the molecule is CCCn1nccc1C(C)(O)Cc1ccc(Br)cc1. The molecule has 1 heterocycles. The molecule has 0 aliphatic heterocycles. The van der Waals surface area contributed by atoms with Crippen molar-refractivity contribution in [1.29, 1.82) is 0 Å². The minimum Gasteiger partial charge on any atom is -0.384 e. The first-order chi connectivity index (χ1) is 9.03. The smallest absolute Gasteiger partial charge is 0.107 e. The molecule has 4 heteroatoms. The summed E-state index contributed by atoms with van der Waals surface area (Å²) >= 11 is 3.42. The summed E-state index contributed by atoms with van der Waals surface area (Å²) in [6, 6.07) is 9.94. The Morgan fingerprint density at radius 1 is 1.26 bits per heavy atom. The number of aliphatic hydroxyl groups is 1. The summed E-state index contributed by atoms with van der Waals surface area (Å²) in [6.07, 6.45) is 3.33. The molecule has 1 aromatic heterocycles. The Bertz CT molecular complexity index is 531. The van der Waals surface area contributed by atoms with Crippen molar-refractivity contribution in [1.82, 2.24) is 9.78 Å². The average molecular weight is 323 g/mol. The molecule has 1 atom stereocenters. The first kappa shape index (κ1) is 14.3. The molecule has 0 saturated heterocycles. The summed E-state index contributed by atoms with van der Waals surface area (Å²) in [4.78, 5) is 0. The first-order valence-corrected chi connectivity index (χ1v) is 7.31. The van der Waals surface area contributed by atoms with E-state index in [0.29, 0.717) is 6.42 Å². The van der Waals surface area contributed by atoms with E-state index in [1.807, 2.05) is 41.9 Å². The standard InChI is InChI=1S/C15H19BrN2O/c1-3-10-18-14(8-9-17-18)15(2,19)11-12-4-6-13(16)7-5-12/h4-9,19H,3,10-11H2,1-2H3. The van der Waals surface area contributed by atoms with Crippen molar-refractivity contribution in [3.63, 3.8) is 0 Å². The molecule has 1 aromatic carbocycles. The third-order valence-corrected chi connectivity index (χ3v) is 3.69. The fourth-order valence-electron chi connectivity index (χ4n) is 2.27. The lowest BCUT2D eigenvalue weighted by atomic mass is 9.93. The van der Waals surface area contributed by atoms with Crippen molar-refractivity contribution in [2.24, 2.45) is 0 Å². The second kappa shape index (κ2) is 5.88. The van der Waals surface area contributed by atoms with Crippen LogP contribution in [0.3, 0.4) is 0 Å². The van der Waals surface area contributed by atoms with Gasteiger partial charge < -0.3 is 5.11 Å². The predicted octanol–water partition coefficient (Wildman–Crippen LogP) is 3.51. The van der Waals surface area contributed by atoms with Crippen LogP contribution in [-0.4, -0.2) is 14.9 Å². The monoisotopic (exact) mass is 322 g/mol. The second-order valence-corrected chi connectivity index (χ2v) is 5.93. The molecule has 0 aliphatic carbocycles. The molecule has 2 aromatic rings. The zero-order valence-corrected chi connectivity index (χ0v) is 12.9. The predicted molar refractivity (Wildman–Crippen MR) is 79.9 cm³/mol. The normalized spacial score (nSPS) is 14.3. The number of hydrogen-bond donors (Lipinski definition) is 1. The summed E-state index contributed by atoms with van der Waals surface area (Å²) in [7, 11) is 0. The molecule has 0 aliphatic rings. The largest absolute Gasteiger partial charge is 0.384 e. The van der Waals surface area contributed by atoms with Gasteiger partial charge in [-0.05, 0) is 37.1 Å². The highest BCUT2D eigenvalue weighted by molar-refractivity contribution is 9.10. The minimum absolute atomic E-state index is 0.579. The molecular weight excluding hydrogens is 304 g/mol. The van der Waals surface area contributed by atoms with Gasteiger partial charge in [0.25, 0.3) is 0 Å². The number of benzene rings is 1. The van der Waals surface area contributed by atoms with Gasteiger partial charge in [-0.25, -0.2) is 0 Å². The van der Waals surface area contributed by atoms with Crippen molar-refractivity contribution in [3.05, 3.63) is 52.3 Å². The van der Waals surface area contributed by atoms with E-state index in [-0.39, 0.29) is 0 Å². The van der Waals surface area contributed by atoms with Gasteiger partial charge >= 0.3 is 0 Å². The molecule has 0 fully saturated rings. The second-order valence-electron chi connectivity index (χ2n) is 5.02. The van der Waals surface area contributed by atoms with Crippen molar-refractivity contribution in [2.75, 3.05) is 0 Å². The summed E-state index contributed by atoms with van der Waals surface area (Å²) in [6.45, 7) is 4.78. The molecule has 2 rings (SSSR count). The van der Waals surface area contributed by atoms with Gasteiger partial charge in [0.05, 0.1) is 5.69 Å².